The van der Waals surface area contributed by atoms with Gasteiger partial charge in [-0.1, -0.05) is 38.5 Å². The molecule has 0 radical (unpaired) electrons. The molecule has 0 bridgehead atoms. The van der Waals surface area contributed by atoms with Gasteiger partial charge in [-0.2, -0.15) is 0 Å². The molecule has 2 fully saturated rings. The Morgan fingerprint density at radius 1 is 0.571 bits per heavy atom. The Labute approximate surface area is 96.8 Å². The minimum atomic E-state index is 0. The van der Waals surface area contributed by atoms with Crippen molar-refractivity contribution < 1.29 is 0 Å². The second kappa shape index (κ2) is 7.07. The summed E-state index contributed by atoms with van der Waals surface area (Å²) in [6.07, 6.45) is 15.4. The summed E-state index contributed by atoms with van der Waals surface area (Å²) in [4.78, 5) is 0. The minimum absolute atomic E-state index is 0. The number of halogens is 1. The molecule has 84 valence electrons. The van der Waals surface area contributed by atoms with Crippen LogP contribution in [0.1, 0.15) is 64.2 Å². The summed E-state index contributed by atoms with van der Waals surface area (Å²) >= 11 is 0. The molecule has 2 aliphatic rings. The normalized spacial score (nSPS) is 25.7. The van der Waals surface area contributed by atoms with Crippen LogP contribution in [-0.4, -0.2) is 11.3 Å². The van der Waals surface area contributed by atoms with Crippen LogP contribution in [0.5, 0.6) is 0 Å². The van der Waals surface area contributed by atoms with Crippen molar-refractivity contribution in [1.29, 1.82) is 0 Å². The van der Waals surface area contributed by atoms with E-state index >= 15 is 0 Å². The van der Waals surface area contributed by atoms with E-state index in [9.17, 15) is 0 Å². The van der Waals surface area contributed by atoms with Crippen molar-refractivity contribution in [1.82, 2.24) is 0 Å². The zero-order chi connectivity index (χ0) is 8.93. The fraction of sp³-hybridized carbons (Fsp3) is 1.00. The van der Waals surface area contributed by atoms with Crippen molar-refractivity contribution in [2.45, 2.75) is 75.5 Å². The van der Waals surface area contributed by atoms with Gasteiger partial charge in [0.25, 0.3) is 0 Å². The summed E-state index contributed by atoms with van der Waals surface area (Å²) in [5.41, 5.74) is 2.30. The molecule has 0 N–H and O–H groups in total. The van der Waals surface area contributed by atoms with Gasteiger partial charge in [-0.15, -0.1) is 21.0 Å². The Kier molecular flexibility index (Phi) is 6.46. The van der Waals surface area contributed by atoms with Gasteiger partial charge in [-0.3, -0.25) is 0 Å². The predicted molar refractivity (Wildman–Crippen MR) is 69.3 cm³/mol. The molecule has 0 aromatic rings. The van der Waals surface area contributed by atoms with Gasteiger partial charge in [0, 0.05) is 0 Å². The Balaban J connectivity index is 0.000000980. The van der Waals surface area contributed by atoms with Gasteiger partial charge in [0.15, 0.2) is 0 Å². The van der Waals surface area contributed by atoms with Crippen LogP contribution in [0.3, 0.4) is 0 Å². The average molecular weight is 235 g/mol. The van der Waals surface area contributed by atoms with E-state index in [0.717, 1.165) is 11.3 Å². The first-order valence-corrected chi connectivity index (χ1v) is 7.37. The highest BCUT2D eigenvalue weighted by Gasteiger charge is 2.20. The first-order chi connectivity index (χ1) is 6.45. The van der Waals surface area contributed by atoms with Crippen LogP contribution in [0, 0.1) is 0 Å². The van der Waals surface area contributed by atoms with Crippen molar-refractivity contribution >= 4 is 21.0 Å². The maximum absolute atomic E-state index is 1.56. The molecule has 14 heavy (non-hydrogen) atoms. The maximum atomic E-state index is 1.56. The molecule has 0 saturated heterocycles. The van der Waals surface area contributed by atoms with E-state index < -0.39 is 0 Å². The third-order valence-corrected chi connectivity index (χ3v) is 5.78. The first-order valence-electron chi connectivity index (χ1n) is 6.21. The monoisotopic (exact) mass is 234 g/mol. The van der Waals surface area contributed by atoms with Crippen LogP contribution >= 0.6 is 21.0 Å². The number of hydrogen-bond acceptors (Lipinski definition) is 0. The van der Waals surface area contributed by atoms with E-state index in [4.69, 9.17) is 0 Å². The van der Waals surface area contributed by atoms with Crippen molar-refractivity contribution in [2.24, 2.45) is 0 Å². The fourth-order valence-corrected chi connectivity index (χ4v) is 5.02. The summed E-state index contributed by atoms with van der Waals surface area (Å²) in [5.74, 6) is 0. The van der Waals surface area contributed by atoms with Gasteiger partial charge in [0.2, 0.25) is 0 Å². The summed E-state index contributed by atoms with van der Waals surface area (Å²) in [7, 11) is 1.33. The highest BCUT2D eigenvalue weighted by atomic mass is 35.5. The molecule has 0 amide bonds. The third kappa shape index (κ3) is 4.07. The summed E-state index contributed by atoms with van der Waals surface area (Å²) in [6.45, 7) is 0. The van der Waals surface area contributed by atoms with E-state index in [1.165, 1.54) is 47.1 Å². The lowest BCUT2D eigenvalue weighted by molar-refractivity contribution is 0.490. The van der Waals surface area contributed by atoms with Gasteiger partial charge in [0.1, 0.15) is 0 Å². The number of rotatable bonds is 2. The Hall–Kier alpha value is 0.720. The molecule has 0 heterocycles. The SMILES string of the molecule is C1CCC(PC2CCCCC2)CC1.Cl. The van der Waals surface area contributed by atoms with E-state index in [1.807, 2.05) is 0 Å². The standard InChI is InChI=1S/C12H23P.ClH/c1-3-7-11(8-4-1)13-12-9-5-2-6-10-12;/h11-13H,1-10H2;1H. The quantitative estimate of drug-likeness (QED) is 0.605. The molecule has 0 nitrogen and oxygen atoms in total. The lowest BCUT2D eigenvalue weighted by atomic mass is 10.00. The van der Waals surface area contributed by atoms with Gasteiger partial charge < -0.3 is 0 Å². The van der Waals surface area contributed by atoms with Gasteiger partial charge in [-0.05, 0) is 37.0 Å². The highest BCUT2D eigenvalue weighted by Crippen LogP contribution is 2.41. The second-order valence-electron chi connectivity index (χ2n) is 4.84. The smallest absolute Gasteiger partial charge is 0.0234 e. The Morgan fingerprint density at radius 3 is 1.29 bits per heavy atom. The van der Waals surface area contributed by atoms with E-state index in [0.29, 0.717) is 0 Å². The Bertz CT molecular complexity index is 121. The van der Waals surface area contributed by atoms with Gasteiger partial charge in [0.05, 0.1) is 0 Å². The largest absolute Gasteiger partial charge is 0.147 e. The molecule has 2 aliphatic carbocycles. The van der Waals surface area contributed by atoms with E-state index in [-0.39, 0.29) is 12.4 Å². The zero-order valence-corrected chi connectivity index (χ0v) is 11.0. The fourth-order valence-electron chi connectivity index (χ4n) is 2.87. The summed E-state index contributed by atoms with van der Waals surface area (Å²) in [5, 5.41) is 0. The zero-order valence-electron chi connectivity index (χ0n) is 9.13. The molecular weight excluding hydrogens is 211 g/mol. The molecule has 0 aliphatic heterocycles. The highest BCUT2D eigenvalue weighted by molar-refractivity contribution is 7.39. The van der Waals surface area contributed by atoms with E-state index in [1.54, 1.807) is 25.7 Å². The van der Waals surface area contributed by atoms with Crippen molar-refractivity contribution in [3.8, 4) is 0 Å². The molecule has 2 saturated carbocycles. The first kappa shape index (κ1) is 12.8. The molecule has 0 aromatic carbocycles. The molecule has 2 heteroatoms. The minimum Gasteiger partial charge on any atom is -0.147 e. The molecule has 0 aromatic heterocycles. The van der Waals surface area contributed by atoms with E-state index in [2.05, 4.69) is 0 Å². The summed E-state index contributed by atoms with van der Waals surface area (Å²) in [6, 6.07) is 0. The predicted octanol–water partition coefficient (Wildman–Crippen LogP) is 4.75. The maximum Gasteiger partial charge on any atom is -0.0234 e. The van der Waals surface area contributed by atoms with Crippen LogP contribution in [0.15, 0.2) is 0 Å². The van der Waals surface area contributed by atoms with Crippen LogP contribution in [0.4, 0.5) is 0 Å². The molecule has 2 rings (SSSR count). The van der Waals surface area contributed by atoms with Crippen molar-refractivity contribution in [2.75, 3.05) is 0 Å². The molecule has 0 atom stereocenters. The lowest BCUT2D eigenvalue weighted by Crippen LogP contribution is -2.14. The number of hydrogen-bond donors (Lipinski definition) is 0. The van der Waals surface area contributed by atoms with Gasteiger partial charge >= 0.3 is 0 Å². The topological polar surface area (TPSA) is 0 Å². The average Bonchev–Trinajstić information content (AvgIpc) is 2.21. The van der Waals surface area contributed by atoms with Crippen LogP contribution < -0.4 is 0 Å². The lowest BCUT2D eigenvalue weighted by Gasteiger charge is -2.28. The van der Waals surface area contributed by atoms with Crippen LogP contribution in [0.25, 0.3) is 0 Å². The molecule has 0 spiro atoms. The Morgan fingerprint density at radius 2 is 0.929 bits per heavy atom. The van der Waals surface area contributed by atoms with Crippen molar-refractivity contribution in [3.05, 3.63) is 0 Å². The van der Waals surface area contributed by atoms with Crippen LogP contribution in [0.2, 0.25) is 0 Å². The molecule has 0 unspecified atom stereocenters. The summed E-state index contributed by atoms with van der Waals surface area (Å²) < 4.78 is 0. The van der Waals surface area contributed by atoms with Crippen LogP contribution in [-0.2, 0) is 0 Å². The van der Waals surface area contributed by atoms with Gasteiger partial charge in [-0.25, -0.2) is 0 Å². The molecular formula is C12H24ClP. The second-order valence-corrected chi connectivity index (χ2v) is 6.80. The van der Waals surface area contributed by atoms with Crippen molar-refractivity contribution in [3.63, 3.8) is 0 Å². The third-order valence-electron chi connectivity index (χ3n) is 3.68.